The van der Waals surface area contributed by atoms with E-state index in [-0.39, 0.29) is 43.0 Å². The van der Waals surface area contributed by atoms with E-state index in [0.717, 1.165) is 12.3 Å². The lowest BCUT2D eigenvalue weighted by Gasteiger charge is -2.37. The second-order valence-corrected chi connectivity index (χ2v) is 7.66. The molecule has 0 atom stereocenters. The maximum absolute atomic E-state index is 15.7. The first-order valence-corrected chi connectivity index (χ1v) is 10.1. The number of hydrogen-bond donors (Lipinski definition) is 0. The van der Waals surface area contributed by atoms with Crippen LogP contribution >= 0.6 is 0 Å². The van der Waals surface area contributed by atoms with Crippen molar-refractivity contribution in [3.05, 3.63) is 78.6 Å². The third-order valence-corrected chi connectivity index (χ3v) is 5.65. The third kappa shape index (κ3) is 4.59. The zero-order chi connectivity index (χ0) is 23.6. The molecule has 33 heavy (non-hydrogen) atoms. The topological polar surface area (TPSA) is 71.9 Å². The van der Waals surface area contributed by atoms with Crippen LogP contribution in [0, 0.1) is 0 Å². The van der Waals surface area contributed by atoms with E-state index in [4.69, 9.17) is 0 Å². The van der Waals surface area contributed by atoms with Crippen LogP contribution in [0.15, 0.2) is 61.8 Å². The minimum absolute atomic E-state index is 0.0400. The van der Waals surface area contributed by atoms with E-state index in [1.54, 1.807) is 30.6 Å². The van der Waals surface area contributed by atoms with Crippen molar-refractivity contribution in [3.63, 3.8) is 0 Å². The number of carbonyl (C=O) groups is 1. The predicted molar refractivity (Wildman–Crippen MR) is 113 cm³/mol. The highest BCUT2D eigenvalue weighted by atomic mass is 19.4. The lowest BCUT2D eigenvalue weighted by atomic mass is 9.83. The number of nitrogens with zero attached hydrogens (tertiary/aromatic N) is 5. The summed E-state index contributed by atoms with van der Waals surface area (Å²) in [6, 6.07) is 6.89. The summed E-state index contributed by atoms with van der Waals surface area (Å²) >= 11 is 0. The number of likely N-dealkylation sites (tertiary alicyclic amines) is 1. The van der Waals surface area contributed by atoms with E-state index in [1.807, 2.05) is 0 Å². The minimum atomic E-state index is -4.57. The molecule has 0 spiro atoms. The standard InChI is InChI=1S/C23H19F4N5O/c1-15(16-4-5-19(30-13-16)23(25,26)27)22(24)7-11-32(12-8-22)21(33)17-3-2-9-29-20(17)18-6-10-28-14-31-18/h2-6,9-10,13-14H,1,7-8,11-12H2. The highest BCUT2D eigenvalue weighted by Gasteiger charge is 2.40. The molecule has 4 heterocycles. The van der Waals surface area contributed by atoms with E-state index in [2.05, 4.69) is 26.5 Å². The van der Waals surface area contributed by atoms with Gasteiger partial charge in [0.1, 0.15) is 23.4 Å². The minimum Gasteiger partial charge on any atom is -0.338 e. The van der Waals surface area contributed by atoms with Gasteiger partial charge in [-0.1, -0.05) is 12.6 Å². The Hall–Kier alpha value is -3.69. The smallest absolute Gasteiger partial charge is 0.338 e. The van der Waals surface area contributed by atoms with E-state index in [1.165, 1.54) is 17.3 Å². The second-order valence-electron chi connectivity index (χ2n) is 7.66. The molecular formula is C23H19F4N5O. The van der Waals surface area contributed by atoms with Gasteiger partial charge in [0, 0.05) is 44.5 Å². The number of alkyl halides is 4. The number of rotatable bonds is 4. The summed E-state index contributed by atoms with van der Waals surface area (Å²) in [5.74, 6) is -0.305. The number of carbonyl (C=O) groups excluding carboxylic acids is 1. The van der Waals surface area contributed by atoms with Gasteiger partial charge in [0.15, 0.2) is 0 Å². The van der Waals surface area contributed by atoms with Gasteiger partial charge < -0.3 is 4.90 Å². The van der Waals surface area contributed by atoms with Crippen molar-refractivity contribution in [2.75, 3.05) is 13.1 Å². The quantitative estimate of drug-likeness (QED) is 0.535. The highest BCUT2D eigenvalue weighted by molar-refractivity contribution is 5.99. The molecule has 3 aromatic heterocycles. The van der Waals surface area contributed by atoms with Gasteiger partial charge in [-0.25, -0.2) is 14.4 Å². The second kappa shape index (κ2) is 8.68. The Morgan fingerprint density at radius 1 is 1.03 bits per heavy atom. The Morgan fingerprint density at radius 2 is 1.79 bits per heavy atom. The van der Waals surface area contributed by atoms with Gasteiger partial charge >= 0.3 is 6.18 Å². The highest BCUT2D eigenvalue weighted by Crippen LogP contribution is 2.39. The lowest BCUT2D eigenvalue weighted by Crippen LogP contribution is -2.45. The fourth-order valence-corrected chi connectivity index (χ4v) is 3.75. The van der Waals surface area contributed by atoms with Crippen LogP contribution in [0.1, 0.15) is 34.5 Å². The van der Waals surface area contributed by atoms with Crippen molar-refractivity contribution in [1.29, 1.82) is 0 Å². The van der Waals surface area contributed by atoms with Crippen molar-refractivity contribution >= 4 is 11.5 Å². The molecule has 1 amide bonds. The summed E-state index contributed by atoms with van der Waals surface area (Å²) in [6.45, 7) is 3.99. The first-order valence-electron chi connectivity index (χ1n) is 10.1. The van der Waals surface area contributed by atoms with Crippen LogP contribution in [0.2, 0.25) is 0 Å². The molecule has 0 radical (unpaired) electrons. The summed E-state index contributed by atoms with van der Waals surface area (Å²) in [5, 5.41) is 0. The van der Waals surface area contributed by atoms with Crippen molar-refractivity contribution < 1.29 is 22.4 Å². The molecule has 0 saturated carbocycles. The van der Waals surface area contributed by atoms with Crippen LogP contribution in [0.5, 0.6) is 0 Å². The van der Waals surface area contributed by atoms with Crippen LogP contribution in [0.4, 0.5) is 17.6 Å². The molecule has 10 heteroatoms. The van der Waals surface area contributed by atoms with Gasteiger partial charge in [-0.15, -0.1) is 0 Å². The fraction of sp³-hybridized carbons (Fsp3) is 0.261. The molecular weight excluding hydrogens is 438 g/mol. The van der Waals surface area contributed by atoms with Gasteiger partial charge in [-0.3, -0.25) is 14.8 Å². The molecule has 4 rings (SSSR count). The molecule has 1 fully saturated rings. The van der Waals surface area contributed by atoms with Crippen molar-refractivity contribution in [2.24, 2.45) is 0 Å². The van der Waals surface area contributed by atoms with Gasteiger partial charge in [-0.2, -0.15) is 13.2 Å². The van der Waals surface area contributed by atoms with Crippen molar-refractivity contribution in [2.45, 2.75) is 24.7 Å². The lowest BCUT2D eigenvalue weighted by molar-refractivity contribution is -0.141. The zero-order valence-corrected chi connectivity index (χ0v) is 17.4. The zero-order valence-electron chi connectivity index (χ0n) is 17.4. The maximum Gasteiger partial charge on any atom is 0.433 e. The number of piperidine rings is 1. The molecule has 0 aliphatic carbocycles. The summed E-state index contributed by atoms with van der Waals surface area (Å²) in [4.78, 5) is 30.4. The number of amides is 1. The Balaban J connectivity index is 1.48. The van der Waals surface area contributed by atoms with E-state index >= 15 is 4.39 Å². The van der Waals surface area contributed by atoms with Gasteiger partial charge in [0.05, 0.1) is 11.3 Å². The Kier molecular flexibility index (Phi) is 5.92. The van der Waals surface area contributed by atoms with Gasteiger partial charge in [0.2, 0.25) is 0 Å². The number of aromatic nitrogens is 4. The van der Waals surface area contributed by atoms with Crippen LogP contribution in [0.3, 0.4) is 0 Å². The summed E-state index contributed by atoms with van der Waals surface area (Å²) in [6.07, 6.45) is 0.787. The predicted octanol–water partition coefficient (Wildman–Crippen LogP) is 4.61. The molecule has 170 valence electrons. The van der Waals surface area contributed by atoms with Crippen molar-refractivity contribution in [1.82, 2.24) is 24.8 Å². The molecule has 0 bridgehead atoms. The number of allylic oxidation sites excluding steroid dienone is 1. The fourth-order valence-electron chi connectivity index (χ4n) is 3.75. The SMILES string of the molecule is C=C(c1ccc(C(F)(F)F)nc1)C1(F)CCN(C(=O)c2cccnc2-c2ccncn2)CC1. The van der Waals surface area contributed by atoms with Gasteiger partial charge in [0.25, 0.3) is 5.91 Å². The van der Waals surface area contributed by atoms with Gasteiger partial charge in [-0.05, 0) is 35.4 Å². The monoisotopic (exact) mass is 457 g/mol. The van der Waals surface area contributed by atoms with E-state index in [0.29, 0.717) is 17.0 Å². The average Bonchev–Trinajstić information content (AvgIpc) is 2.84. The first-order chi connectivity index (χ1) is 15.7. The molecule has 1 aliphatic heterocycles. The van der Waals surface area contributed by atoms with E-state index in [9.17, 15) is 18.0 Å². The number of hydrogen-bond acceptors (Lipinski definition) is 5. The Bertz CT molecular complexity index is 1160. The van der Waals surface area contributed by atoms with Crippen LogP contribution in [-0.2, 0) is 6.18 Å². The van der Waals surface area contributed by atoms with Crippen LogP contribution in [0.25, 0.3) is 17.0 Å². The normalized spacial score (nSPS) is 15.8. The molecule has 1 saturated heterocycles. The largest absolute Gasteiger partial charge is 0.433 e. The first kappa shape index (κ1) is 22.5. The molecule has 0 unspecified atom stereocenters. The number of halogens is 4. The molecule has 3 aromatic rings. The summed E-state index contributed by atoms with van der Waals surface area (Å²) < 4.78 is 53.9. The number of pyridine rings is 2. The molecule has 6 nitrogen and oxygen atoms in total. The van der Waals surface area contributed by atoms with Crippen LogP contribution in [-0.4, -0.2) is 49.5 Å². The average molecular weight is 457 g/mol. The summed E-state index contributed by atoms with van der Waals surface area (Å²) in [7, 11) is 0. The molecule has 1 aliphatic rings. The summed E-state index contributed by atoms with van der Waals surface area (Å²) in [5.41, 5.74) is -1.42. The Morgan fingerprint density at radius 3 is 2.39 bits per heavy atom. The maximum atomic E-state index is 15.7. The molecule has 0 N–H and O–H groups in total. The van der Waals surface area contributed by atoms with Crippen LogP contribution < -0.4 is 0 Å². The Labute approximate surface area is 187 Å². The third-order valence-electron chi connectivity index (χ3n) is 5.65. The van der Waals surface area contributed by atoms with Crippen molar-refractivity contribution in [3.8, 4) is 11.4 Å². The molecule has 0 aromatic carbocycles. The van der Waals surface area contributed by atoms with E-state index < -0.39 is 17.5 Å².